The third kappa shape index (κ3) is 3.37. The number of methoxy groups -OCH3 is 1. The Hall–Kier alpha value is -1.71. The molecule has 0 bridgehead atoms. The molecule has 1 N–H and O–H groups in total. The average Bonchev–Trinajstić information content (AvgIpc) is 2.37. The third-order valence-electron chi connectivity index (χ3n) is 2.92. The normalized spacial score (nSPS) is 11.8. The van der Waals surface area contributed by atoms with Crippen LogP contribution in [0.2, 0.25) is 0 Å². The monoisotopic (exact) mass is 236 g/mol. The zero-order chi connectivity index (χ0) is 12.8. The van der Waals surface area contributed by atoms with Crippen LogP contribution in [0.25, 0.3) is 0 Å². The minimum Gasteiger partial charge on any atom is -0.495 e. The van der Waals surface area contributed by atoms with Gasteiger partial charge in [-0.3, -0.25) is 0 Å². The fourth-order valence-corrected chi connectivity index (χ4v) is 1.43. The van der Waals surface area contributed by atoms with Gasteiger partial charge in [0.05, 0.1) is 12.8 Å². The maximum Gasteiger partial charge on any atom is 0.321 e. The van der Waals surface area contributed by atoms with Gasteiger partial charge in [-0.2, -0.15) is 0 Å². The number of nitrogens with one attached hydrogen (secondary N) is 1. The summed E-state index contributed by atoms with van der Waals surface area (Å²) in [7, 11) is 3.38. The molecule has 0 saturated carbocycles. The molecule has 4 heteroatoms. The van der Waals surface area contributed by atoms with E-state index in [4.69, 9.17) is 4.74 Å². The molecular weight excluding hydrogens is 216 g/mol. The molecular formula is C13H20N2O2. The number of amides is 2. The van der Waals surface area contributed by atoms with Gasteiger partial charge in [0.2, 0.25) is 0 Å². The van der Waals surface area contributed by atoms with E-state index in [0.717, 1.165) is 6.42 Å². The van der Waals surface area contributed by atoms with E-state index in [1.165, 1.54) is 0 Å². The van der Waals surface area contributed by atoms with Crippen LogP contribution in [0.15, 0.2) is 24.3 Å². The molecule has 0 spiro atoms. The van der Waals surface area contributed by atoms with Crippen LogP contribution in [0, 0.1) is 0 Å². The van der Waals surface area contributed by atoms with Gasteiger partial charge < -0.3 is 15.0 Å². The number of benzene rings is 1. The molecule has 94 valence electrons. The summed E-state index contributed by atoms with van der Waals surface area (Å²) >= 11 is 0. The van der Waals surface area contributed by atoms with Crippen LogP contribution in [0.3, 0.4) is 0 Å². The molecule has 0 aliphatic heterocycles. The third-order valence-corrected chi connectivity index (χ3v) is 2.92. The van der Waals surface area contributed by atoms with Crippen molar-refractivity contribution in [3.05, 3.63) is 24.3 Å². The van der Waals surface area contributed by atoms with Crippen LogP contribution in [0.4, 0.5) is 10.5 Å². The van der Waals surface area contributed by atoms with Crippen LogP contribution in [-0.4, -0.2) is 31.1 Å². The highest BCUT2D eigenvalue weighted by molar-refractivity contribution is 5.90. The summed E-state index contributed by atoms with van der Waals surface area (Å²) in [5.41, 5.74) is 0.690. The molecule has 0 aliphatic carbocycles. The van der Waals surface area contributed by atoms with Crippen molar-refractivity contribution in [3.63, 3.8) is 0 Å². The van der Waals surface area contributed by atoms with E-state index >= 15 is 0 Å². The lowest BCUT2D eigenvalue weighted by atomic mass is 10.2. The Kier molecular flexibility index (Phi) is 4.82. The minimum atomic E-state index is -0.121. The standard InChI is InChI=1S/C13H20N2O2/c1-5-10(2)15(3)13(16)14-11-8-6-7-9-12(11)17-4/h6-10H,5H2,1-4H3,(H,14,16). The van der Waals surface area contributed by atoms with Crippen molar-refractivity contribution in [2.75, 3.05) is 19.5 Å². The highest BCUT2D eigenvalue weighted by Crippen LogP contribution is 2.23. The summed E-state index contributed by atoms with van der Waals surface area (Å²) in [6, 6.07) is 7.46. The van der Waals surface area contributed by atoms with Crippen molar-refractivity contribution in [2.45, 2.75) is 26.3 Å². The number of hydrogen-bond donors (Lipinski definition) is 1. The Morgan fingerprint density at radius 2 is 2.12 bits per heavy atom. The van der Waals surface area contributed by atoms with Crippen LogP contribution in [0.1, 0.15) is 20.3 Å². The lowest BCUT2D eigenvalue weighted by molar-refractivity contribution is 0.206. The summed E-state index contributed by atoms with van der Waals surface area (Å²) in [6.45, 7) is 4.07. The first-order valence-corrected chi connectivity index (χ1v) is 5.77. The summed E-state index contributed by atoms with van der Waals surface area (Å²) in [6.07, 6.45) is 0.926. The summed E-state index contributed by atoms with van der Waals surface area (Å²) in [4.78, 5) is 13.6. The molecule has 1 rings (SSSR count). The molecule has 0 saturated heterocycles. The van der Waals surface area contributed by atoms with E-state index in [9.17, 15) is 4.79 Å². The van der Waals surface area contributed by atoms with Crippen molar-refractivity contribution >= 4 is 11.7 Å². The Morgan fingerprint density at radius 1 is 1.47 bits per heavy atom. The lowest BCUT2D eigenvalue weighted by Gasteiger charge is -2.24. The van der Waals surface area contributed by atoms with Crippen LogP contribution >= 0.6 is 0 Å². The predicted molar refractivity (Wildman–Crippen MR) is 69.5 cm³/mol. The van der Waals surface area contributed by atoms with E-state index in [1.807, 2.05) is 31.2 Å². The van der Waals surface area contributed by atoms with Crippen LogP contribution < -0.4 is 10.1 Å². The lowest BCUT2D eigenvalue weighted by Crippen LogP contribution is -2.37. The van der Waals surface area contributed by atoms with Crippen molar-refractivity contribution in [2.24, 2.45) is 0 Å². The van der Waals surface area contributed by atoms with E-state index in [0.29, 0.717) is 11.4 Å². The highest BCUT2D eigenvalue weighted by atomic mass is 16.5. The first kappa shape index (κ1) is 13.4. The SMILES string of the molecule is CCC(C)N(C)C(=O)Nc1ccccc1OC. The molecule has 17 heavy (non-hydrogen) atoms. The number of carbonyl (C=O) groups excluding carboxylic acids is 1. The molecule has 4 nitrogen and oxygen atoms in total. The molecule has 0 aromatic heterocycles. The minimum absolute atomic E-state index is 0.121. The van der Waals surface area contributed by atoms with Crippen molar-refractivity contribution in [3.8, 4) is 5.75 Å². The van der Waals surface area contributed by atoms with Gasteiger partial charge in [-0.1, -0.05) is 19.1 Å². The van der Waals surface area contributed by atoms with Gasteiger partial charge in [-0.05, 0) is 25.5 Å². The van der Waals surface area contributed by atoms with Crippen molar-refractivity contribution < 1.29 is 9.53 Å². The maximum absolute atomic E-state index is 11.9. The van der Waals surface area contributed by atoms with Crippen molar-refractivity contribution in [1.29, 1.82) is 0 Å². The molecule has 1 atom stereocenters. The second kappa shape index (κ2) is 6.13. The van der Waals surface area contributed by atoms with E-state index in [1.54, 1.807) is 19.1 Å². The largest absolute Gasteiger partial charge is 0.495 e. The Bertz CT molecular complexity index is 379. The number of carbonyl (C=O) groups is 1. The molecule has 2 amide bonds. The molecule has 1 unspecified atom stereocenters. The van der Waals surface area contributed by atoms with Gasteiger partial charge in [0.1, 0.15) is 5.75 Å². The molecule has 1 aromatic carbocycles. The highest BCUT2D eigenvalue weighted by Gasteiger charge is 2.15. The first-order chi connectivity index (χ1) is 8.10. The molecule has 1 aromatic rings. The van der Waals surface area contributed by atoms with Gasteiger partial charge in [-0.15, -0.1) is 0 Å². The second-order valence-electron chi connectivity index (χ2n) is 4.00. The summed E-state index contributed by atoms with van der Waals surface area (Å²) in [5, 5.41) is 2.84. The first-order valence-electron chi connectivity index (χ1n) is 5.77. The Morgan fingerprint density at radius 3 is 2.71 bits per heavy atom. The average molecular weight is 236 g/mol. The number of anilines is 1. The van der Waals surface area contributed by atoms with Crippen LogP contribution in [0.5, 0.6) is 5.75 Å². The van der Waals surface area contributed by atoms with Gasteiger partial charge in [0, 0.05) is 13.1 Å². The van der Waals surface area contributed by atoms with Gasteiger partial charge in [0.15, 0.2) is 0 Å². The number of para-hydroxylation sites is 2. The zero-order valence-electron chi connectivity index (χ0n) is 10.9. The van der Waals surface area contributed by atoms with Gasteiger partial charge >= 0.3 is 6.03 Å². The number of hydrogen-bond acceptors (Lipinski definition) is 2. The molecule has 0 fully saturated rings. The number of nitrogens with zero attached hydrogens (tertiary/aromatic N) is 1. The topological polar surface area (TPSA) is 41.6 Å². The Labute approximate surface area is 103 Å². The van der Waals surface area contributed by atoms with Gasteiger partial charge in [0.25, 0.3) is 0 Å². The predicted octanol–water partition coefficient (Wildman–Crippen LogP) is 2.96. The van der Waals surface area contributed by atoms with E-state index in [-0.39, 0.29) is 12.1 Å². The maximum atomic E-state index is 11.9. The summed E-state index contributed by atoms with van der Waals surface area (Å²) < 4.78 is 5.18. The van der Waals surface area contributed by atoms with Crippen molar-refractivity contribution in [1.82, 2.24) is 4.90 Å². The Balaban J connectivity index is 2.74. The summed E-state index contributed by atoms with van der Waals surface area (Å²) in [5.74, 6) is 0.665. The fraction of sp³-hybridized carbons (Fsp3) is 0.462. The molecule has 0 aliphatic rings. The molecule has 0 heterocycles. The number of rotatable bonds is 4. The number of urea groups is 1. The molecule has 0 radical (unpaired) electrons. The van der Waals surface area contributed by atoms with Gasteiger partial charge in [-0.25, -0.2) is 4.79 Å². The number of ether oxygens (including phenoxy) is 1. The van der Waals surface area contributed by atoms with E-state index in [2.05, 4.69) is 12.2 Å². The quantitative estimate of drug-likeness (QED) is 0.873. The second-order valence-corrected chi connectivity index (χ2v) is 4.00. The zero-order valence-corrected chi connectivity index (χ0v) is 10.9. The fourth-order valence-electron chi connectivity index (χ4n) is 1.43. The smallest absolute Gasteiger partial charge is 0.321 e. The van der Waals surface area contributed by atoms with Crippen LogP contribution in [-0.2, 0) is 0 Å². The van der Waals surface area contributed by atoms with E-state index < -0.39 is 0 Å².